The van der Waals surface area contributed by atoms with E-state index in [4.69, 9.17) is 11.6 Å². The van der Waals surface area contributed by atoms with E-state index in [1.807, 2.05) is 74.5 Å². The molecular weight excluding hydrogens is 374 g/mol. The van der Waals surface area contributed by atoms with Crippen LogP contribution in [0.4, 0.5) is 5.69 Å². The van der Waals surface area contributed by atoms with Crippen molar-refractivity contribution in [2.75, 3.05) is 11.1 Å². The molecule has 0 aliphatic carbocycles. The molecule has 0 fully saturated rings. The first-order valence-corrected chi connectivity index (χ1v) is 10.2. The van der Waals surface area contributed by atoms with E-state index < -0.39 is 0 Å². The van der Waals surface area contributed by atoms with E-state index in [-0.39, 0.29) is 11.2 Å². The van der Waals surface area contributed by atoms with Crippen molar-refractivity contribution in [2.45, 2.75) is 19.1 Å². The molecule has 3 aromatic rings. The maximum atomic E-state index is 12.5. The third-order valence-electron chi connectivity index (χ3n) is 4.32. The highest BCUT2D eigenvalue weighted by atomic mass is 35.5. The number of nitrogens with one attached hydrogen (secondary N) is 1. The lowest BCUT2D eigenvalue weighted by molar-refractivity contribution is -0.113. The monoisotopic (exact) mass is 395 g/mol. The van der Waals surface area contributed by atoms with E-state index in [0.29, 0.717) is 10.8 Å². The predicted molar refractivity (Wildman–Crippen MR) is 117 cm³/mol. The Labute approximate surface area is 170 Å². The van der Waals surface area contributed by atoms with Crippen LogP contribution in [0.5, 0.6) is 0 Å². The quantitative estimate of drug-likeness (QED) is 0.521. The number of rotatable bonds is 6. The van der Waals surface area contributed by atoms with E-state index in [1.165, 1.54) is 5.56 Å². The molecule has 27 heavy (non-hydrogen) atoms. The molecule has 0 spiro atoms. The van der Waals surface area contributed by atoms with Gasteiger partial charge in [-0.3, -0.25) is 4.79 Å². The van der Waals surface area contributed by atoms with Gasteiger partial charge in [-0.05, 0) is 54.3 Å². The molecule has 3 rings (SSSR count). The molecule has 0 bridgehead atoms. The maximum absolute atomic E-state index is 12.5. The second-order valence-electron chi connectivity index (χ2n) is 6.52. The minimum atomic E-state index is 0.00333. The molecule has 0 aliphatic heterocycles. The topological polar surface area (TPSA) is 29.1 Å². The molecule has 1 N–H and O–H groups in total. The van der Waals surface area contributed by atoms with Gasteiger partial charge in [0.15, 0.2) is 0 Å². The summed E-state index contributed by atoms with van der Waals surface area (Å²) in [6, 6.07) is 24.1. The summed E-state index contributed by atoms with van der Waals surface area (Å²) in [5.41, 5.74) is 5.38. The van der Waals surface area contributed by atoms with Gasteiger partial charge < -0.3 is 5.32 Å². The minimum absolute atomic E-state index is 0.00333. The van der Waals surface area contributed by atoms with Gasteiger partial charge in [-0.1, -0.05) is 66.2 Å². The second-order valence-corrected chi connectivity index (χ2v) is 8.05. The van der Waals surface area contributed by atoms with Gasteiger partial charge in [0.2, 0.25) is 5.91 Å². The van der Waals surface area contributed by atoms with Crippen LogP contribution in [-0.2, 0) is 4.79 Å². The number of benzene rings is 3. The Bertz CT molecular complexity index is 909. The van der Waals surface area contributed by atoms with Gasteiger partial charge >= 0.3 is 0 Å². The zero-order valence-electron chi connectivity index (χ0n) is 15.4. The third-order valence-corrected chi connectivity index (χ3v) is 5.88. The molecule has 0 aliphatic rings. The normalized spacial score (nSPS) is 11.8. The number of hydrogen-bond acceptors (Lipinski definition) is 2. The van der Waals surface area contributed by atoms with Gasteiger partial charge in [0, 0.05) is 10.7 Å². The van der Waals surface area contributed by atoms with E-state index in [9.17, 15) is 4.79 Å². The zero-order valence-corrected chi connectivity index (χ0v) is 17.0. The van der Waals surface area contributed by atoms with Crippen LogP contribution in [0.25, 0.3) is 0 Å². The smallest absolute Gasteiger partial charge is 0.234 e. The Morgan fingerprint density at radius 3 is 2.33 bits per heavy atom. The summed E-state index contributed by atoms with van der Waals surface area (Å²) in [7, 11) is 0. The van der Waals surface area contributed by atoms with Gasteiger partial charge in [-0.25, -0.2) is 0 Å². The summed E-state index contributed by atoms with van der Waals surface area (Å²) in [6.45, 7) is 4.03. The van der Waals surface area contributed by atoms with Gasteiger partial charge in [0.25, 0.3) is 0 Å². The molecule has 0 saturated carbocycles. The fourth-order valence-electron chi connectivity index (χ4n) is 2.87. The van der Waals surface area contributed by atoms with Crippen LogP contribution in [-0.4, -0.2) is 11.7 Å². The van der Waals surface area contributed by atoms with Crippen LogP contribution in [0.2, 0.25) is 5.02 Å². The minimum Gasteiger partial charge on any atom is -0.325 e. The number of carbonyl (C=O) groups excluding carboxylic acids is 1. The van der Waals surface area contributed by atoms with Crippen LogP contribution in [0.1, 0.15) is 27.5 Å². The second kappa shape index (κ2) is 9.12. The summed E-state index contributed by atoms with van der Waals surface area (Å²) >= 11 is 7.65. The summed E-state index contributed by atoms with van der Waals surface area (Å²) in [6.07, 6.45) is 0. The van der Waals surface area contributed by atoms with E-state index in [0.717, 1.165) is 22.4 Å². The highest BCUT2D eigenvalue weighted by Crippen LogP contribution is 2.36. The number of anilines is 1. The SMILES string of the molecule is Cc1ccc(C)c(NC(=O)CSC(c2ccccc2)c2ccc(Cl)cc2)c1. The number of amides is 1. The van der Waals surface area contributed by atoms with E-state index >= 15 is 0 Å². The highest BCUT2D eigenvalue weighted by Gasteiger charge is 2.17. The number of aryl methyl sites for hydroxylation is 2. The Kier molecular flexibility index (Phi) is 6.59. The van der Waals surface area contributed by atoms with Crippen molar-refractivity contribution in [3.8, 4) is 0 Å². The predicted octanol–water partition coefficient (Wildman–Crippen LogP) is 6.42. The largest absolute Gasteiger partial charge is 0.325 e. The molecule has 1 unspecified atom stereocenters. The first-order valence-electron chi connectivity index (χ1n) is 8.82. The molecule has 0 aromatic heterocycles. The molecule has 4 heteroatoms. The van der Waals surface area contributed by atoms with E-state index in [2.05, 4.69) is 17.4 Å². The molecule has 1 atom stereocenters. The molecule has 1 amide bonds. The zero-order chi connectivity index (χ0) is 19.2. The summed E-state index contributed by atoms with van der Waals surface area (Å²) < 4.78 is 0. The molecule has 138 valence electrons. The molecule has 0 radical (unpaired) electrons. The number of hydrogen-bond donors (Lipinski definition) is 1. The average Bonchev–Trinajstić information content (AvgIpc) is 2.67. The van der Waals surface area contributed by atoms with Gasteiger partial charge in [0.05, 0.1) is 11.0 Å². The first kappa shape index (κ1) is 19.5. The van der Waals surface area contributed by atoms with E-state index in [1.54, 1.807) is 11.8 Å². The van der Waals surface area contributed by atoms with Crippen LogP contribution < -0.4 is 5.32 Å². The summed E-state index contributed by atoms with van der Waals surface area (Å²) in [5.74, 6) is 0.374. The van der Waals surface area contributed by atoms with Crippen molar-refractivity contribution in [2.24, 2.45) is 0 Å². The summed E-state index contributed by atoms with van der Waals surface area (Å²) in [5, 5.41) is 3.83. The van der Waals surface area contributed by atoms with Crippen molar-refractivity contribution in [1.82, 2.24) is 0 Å². The molecule has 2 nitrogen and oxygen atoms in total. The van der Waals surface area contributed by atoms with Crippen molar-refractivity contribution in [3.63, 3.8) is 0 Å². The fourth-order valence-corrected chi connectivity index (χ4v) is 4.08. The van der Waals surface area contributed by atoms with Crippen LogP contribution in [0.15, 0.2) is 72.8 Å². The van der Waals surface area contributed by atoms with Crippen LogP contribution >= 0.6 is 23.4 Å². The average molecular weight is 396 g/mol. The van der Waals surface area contributed by atoms with Gasteiger partial charge in [0.1, 0.15) is 0 Å². The molecule has 0 saturated heterocycles. The lowest BCUT2D eigenvalue weighted by atomic mass is 10.0. The van der Waals surface area contributed by atoms with Crippen molar-refractivity contribution >= 4 is 35.0 Å². The Hall–Kier alpha value is -2.23. The van der Waals surface area contributed by atoms with Crippen molar-refractivity contribution < 1.29 is 4.79 Å². The molecule has 3 aromatic carbocycles. The van der Waals surface area contributed by atoms with Crippen LogP contribution in [0, 0.1) is 13.8 Å². The Morgan fingerprint density at radius 2 is 1.63 bits per heavy atom. The molecule has 0 heterocycles. The lowest BCUT2D eigenvalue weighted by Crippen LogP contribution is -2.16. The maximum Gasteiger partial charge on any atom is 0.234 e. The van der Waals surface area contributed by atoms with Crippen molar-refractivity contribution in [1.29, 1.82) is 0 Å². The first-order chi connectivity index (χ1) is 13.0. The fraction of sp³-hybridized carbons (Fsp3) is 0.174. The Morgan fingerprint density at radius 1 is 0.963 bits per heavy atom. The van der Waals surface area contributed by atoms with Crippen LogP contribution in [0.3, 0.4) is 0 Å². The molecular formula is C23H22ClNOS. The number of halogens is 1. The summed E-state index contributed by atoms with van der Waals surface area (Å²) in [4.78, 5) is 12.5. The van der Waals surface area contributed by atoms with Gasteiger partial charge in [-0.15, -0.1) is 11.8 Å². The third kappa shape index (κ3) is 5.38. The number of thioether (sulfide) groups is 1. The van der Waals surface area contributed by atoms with Gasteiger partial charge in [-0.2, -0.15) is 0 Å². The highest BCUT2D eigenvalue weighted by molar-refractivity contribution is 8.00. The number of carbonyl (C=O) groups is 1. The standard InChI is InChI=1S/C23H22ClNOS/c1-16-8-9-17(2)21(14-16)25-22(26)15-27-23(18-6-4-3-5-7-18)19-10-12-20(24)13-11-19/h3-14,23H,15H2,1-2H3,(H,25,26). The lowest BCUT2D eigenvalue weighted by Gasteiger charge is -2.18. The Balaban J connectivity index is 1.73. The van der Waals surface area contributed by atoms with Crippen molar-refractivity contribution in [3.05, 3.63) is 100 Å².